The molecule has 0 atom stereocenters. The molecule has 24 heavy (non-hydrogen) atoms. The average molecular weight is 413 g/mol. The van der Waals surface area contributed by atoms with Crippen molar-refractivity contribution in [3.63, 3.8) is 0 Å². The molecule has 2 aromatic rings. The summed E-state index contributed by atoms with van der Waals surface area (Å²) in [7, 11) is 0. The van der Waals surface area contributed by atoms with Crippen molar-refractivity contribution in [2.45, 2.75) is 0 Å². The van der Waals surface area contributed by atoms with Crippen LogP contribution in [0.4, 0.5) is 16.2 Å². The van der Waals surface area contributed by atoms with Gasteiger partial charge in [-0.1, -0.05) is 33.6 Å². The minimum absolute atomic E-state index is 0.116. The number of benzene rings is 2. The van der Waals surface area contributed by atoms with Gasteiger partial charge < -0.3 is 21.1 Å². The van der Waals surface area contributed by atoms with Gasteiger partial charge in [0.2, 0.25) is 0 Å². The first-order valence-electron chi connectivity index (χ1n) is 7.02. The molecule has 0 saturated heterocycles. The van der Waals surface area contributed by atoms with Crippen molar-refractivity contribution in [3.8, 4) is 0 Å². The lowest BCUT2D eigenvalue weighted by molar-refractivity contribution is 0.0945. The molecule has 0 aromatic heterocycles. The quantitative estimate of drug-likeness (QED) is 0.606. The van der Waals surface area contributed by atoms with E-state index >= 15 is 0 Å². The van der Waals surface area contributed by atoms with Crippen LogP contribution >= 0.6 is 27.5 Å². The van der Waals surface area contributed by atoms with Gasteiger partial charge in [0.05, 0.1) is 17.9 Å². The van der Waals surface area contributed by atoms with E-state index in [0.29, 0.717) is 10.7 Å². The number of carbonyl (C=O) groups is 2. The van der Waals surface area contributed by atoms with Crippen LogP contribution < -0.4 is 16.0 Å². The largest absolute Gasteiger partial charge is 0.395 e. The van der Waals surface area contributed by atoms with Gasteiger partial charge in [0.1, 0.15) is 0 Å². The number of hydrogen-bond donors (Lipinski definition) is 4. The Morgan fingerprint density at radius 1 is 1.12 bits per heavy atom. The molecule has 3 amide bonds. The minimum atomic E-state index is -0.508. The van der Waals surface area contributed by atoms with Gasteiger partial charge in [-0.05, 0) is 36.4 Å². The molecule has 6 nitrogen and oxygen atoms in total. The number of anilines is 2. The third-order valence-corrected chi connectivity index (χ3v) is 3.68. The zero-order valence-corrected chi connectivity index (χ0v) is 14.8. The fraction of sp³-hybridized carbons (Fsp3) is 0.125. The number of rotatable bonds is 5. The molecule has 0 aliphatic carbocycles. The van der Waals surface area contributed by atoms with Crippen molar-refractivity contribution in [2.75, 3.05) is 23.8 Å². The summed E-state index contributed by atoms with van der Waals surface area (Å²) in [4.78, 5) is 24.2. The summed E-state index contributed by atoms with van der Waals surface area (Å²) in [6, 6.07) is 11.1. The van der Waals surface area contributed by atoms with E-state index in [-0.39, 0.29) is 24.4 Å². The van der Waals surface area contributed by atoms with Crippen LogP contribution in [0.5, 0.6) is 0 Å². The van der Waals surface area contributed by atoms with Gasteiger partial charge >= 0.3 is 6.03 Å². The molecule has 2 aromatic carbocycles. The Morgan fingerprint density at radius 3 is 2.62 bits per heavy atom. The molecule has 126 valence electrons. The van der Waals surface area contributed by atoms with Gasteiger partial charge in [-0.2, -0.15) is 0 Å². The summed E-state index contributed by atoms with van der Waals surface area (Å²) < 4.78 is 0.826. The summed E-state index contributed by atoms with van der Waals surface area (Å²) in [5.74, 6) is -0.418. The second-order valence-electron chi connectivity index (χ2n) is 4.76. The Labute approximate surface area is 152 Å². The average Bonchev–Trinajstić information content (AvgIpc) is 2.52. The molecule has 0 bridgehead atoms. The Kier molecular flexibility index (Phi) is 6.60. The van der Waals surface area contributed by atoms with E-state index in [1.165, 1.54) is 12.1 Å². The summed E-state index contributed by atoms with van der Waals surface area (Å²) in [5.41, 5.74) is 1.11. The van der Waals surface area contributed by atoms with E-state index in [2.05, 4.69) is 31.9 Å². The van der Waals surface area contributed by atoms with Crippen LogP contribution in [0.25, 0.3) is 0 Å². The summed E-state index contributed by atoms with van der Waals surface area (Å²) in [6.07, 6.45) is 0. The smallest absolute Gasteiger partial charge is 0.323 e. The summed E-state index contributed by atoms with van der Waals surface area (Å²) in [6.45, 7) is -0.0589. The van der Waals surface area contributed by atoms with Crippen LogP contribution in [0.1, 0.15) is 10.4 Å². The molecule has 4 N–H and O–H groups in total. The maximum absolute atomic E-state index is 12.1. The number of nitrogens with one attached hydrogen (secondary N) is 3. The highest BCUT2D eigenvalue weighted by atomic mass is 79.9. The number of aliphatic hydroxyl groups is 1. The predicted molar refractivity (Wildman–Crippen MR) is 97.7 cm³/mol. The van der Waals surface area contributed by atoms with Gasteiger partial charge in [-0.15, -0.1) is 0 Å². The van der Waals surface area contributed by atoms with Crippen molar-refractivity contribution in [1.29, 1.82) is 0 Å². The van der Waals surface area contributed by atoms with Crippen molar-refractivity contribution in [1.82, 2.24) is 5.32 Å². The van der Waals surface area contributed by atoms with Crippen LogP contribution in [0, 0.1) is 0 Å². The van der Waals surface area contributed by atoms with Gasteiger partial charge in [-0.3, -0.25) is 4.79 Å². The zero-order valence-electron chi connectivity index (χ0n) is 12.5. The minimum Gasteiger partial charge on any atom is -0.395 e. The third kappa shape index (κ3) is 5.23. The molecule has 0 aliphatic heterocycles. The number of hydrogen-bond acceptors (Lipinski definition) is 3. The molecule has 0 radical (unpaired) electrons. The number of carbonyl (C=O) groups excluding carboxylic acids is 2. The molecular weight excluding hydrogens is 398 g/mol. The normalized spacial score (nSPS) is 10.1. The lowest BCUT2D eigenvalue weighted by Gasteiger charge is -2.12. The Hall–Kier alpha value is -2.09. The molecule has 8 heteroatoms. The SMILES string of the molecule is O=C(Nc1cccc(Br)c1)Nc1cc(Cl)ccc1C(=O)NCCO. The van der Waals surface area contributed by atoms with E-state index in [1.807, 2.05) is 6.07 Å². The van der Waals surface area contributed by atoms with E-state index < -0.39 is 11.9 Å². The second kappa shape index (κ2) is 8.68. The molecule has 0 spiro atoms. The molecule has 0 fully saturated rings. The fourth-order valence-corrected chi connectivity index (χ4v) is 2.50. The molecule has 0 heterocycles. The molecule has 0 saturated carbocycles. The first-order chi connectivity index (χ1) is 11.5. The number of aliphatic hydroxyl groups excluding tert-OH is 1. The van der Waals surface area contributed by atoms with Crippen molar-refractivity contribution in [2.24, 2.45) is 0 Å². The van der Waals surface area contributed by atoms with Gasteiger partial charge in [0.25, 0.3) is 5.91 Å². The van der Waals surface area contributed by atoms with Crippen molar-refractivity contribution in [3.05, 3.63) is 57.5 Å². The van der Waals surface area contributed by atoms with Gasteiger partial charge in [0, 0.05) is 21.7 Å². The van der Waals surface area contributed by atoms with Crippen LogP contribution in [0.2, 0.25) is 5.02 Å². The van der Waals surface area contributed by atoms with E-state index in [0.717, 1.165) is 4.47 Å². The first kappa shape index (κ1) is 18.3. The first-order valence-corrected chi connectivity index (χ1v) is 8.19. The molecule has 0 unspecified atom stereocenters. The van der Waals surface area contributed by atoms with Gasteiger partial charge in [0.15, 0.2) is 0 Å². The van der Waals surface area contributed by atoms with Crippen LogP contribution in [-0.4, -0.2) is 30.2 Å². The van der Waals surface area contributed by atoms with Gasteiger partial charge in [-0.25, -0.2) is 4.79 Å². The van der Waals surface area contributed by atoms with Crippen molar-refractivity contribution < 1.29 is 14.7 Å². The second-order valence-corrected chi connectivity index (χ2v) is 6.11. The predicted octanol–water partition coefficient (Wildman–Crippen LogP) is 3.47. The summed E-state index contributed by atoms with van der Waals surface area (Å²) in [5, 5.41) is 17.0. The maximum Gasteiger partial charge on any atom is 0.323 e. The van der Waals surface area contributed by atoms with E-state index in [9.17, 15) is 9.59 Å². The van der Waals surface area contributed by atoms with Crippen molar-refractivity contribution >= 4 is 50.8 Å². The van der Waals surface area contributed by atoms with E-state index in [4.69, 9.17) is 16.7 Å². The highest BCUT2D eigenvalue weighted by molar-refractivity contribution is 9.10. The summed E-state index contributed by atoms with van der Waals surface area (Å²) >= 11 is 9.26. The Bertz CT molecular complexity index is 755. The molecule has 2 rings (SSSR count). The molecule has 0 aliphatic rings. The highest BCUT2D eigenvalue weighted by Crippen LogP contribution is 2.22. The Morgan fingerprint density at radius 2 is 1.92 bits per heavy atom. The van der Waals surface area contributed by atoms with E-state index in [1.54, 1.807) is 24.3 Å². The standard InChI is InChI=1S/C16H15BrClN3O3/c17-10-2-1-3-12(8-10)20-16(24)21-14-9-11(18)4-5-13(14)15(23)19-6-7-22/h1-5,8-9,22H,6-7H2,(H,19,23)(H2,20,21,24). The van der Waals surface area contributed by atoms with Crippen LogP contribution in [-0.2, 0) is 0 Å². The monoisotopic (exact) mass is 411 g/mol. The topological polar surface area (TPSA) is 90.5 Å². The third-order valence-electron chi connectivity index (χ3n) is 2.95. The maximum atomic E-state index is 12.1. The Balaban J connectivity index is 2.14. The lowest BCUT2D eigenvalue weighted by Crippen LogP contribution is -2.28. The lowest BCUT2D eigenvalue weighted by atomic mass is 10.1. The highest BCUT2D eigenvalue weighted by Gasteiger charge is 2.14. The number of urea groups is 1. The molecular formula is C16H15BrClN3O3. The fourth-order valence-electron chi connectivity index (χ4n) is 1.93. The van der Waals surface area contributed by atoms with Crippen LogP contribution in [0.15, 0.2) is 46.9 Å². The van der Waals surface area contributed by atoms with Crippen LogP contribution in [0.3, 0.4) is 0 Å². The number of amides is 3. The zero-order chi connectivity index (χ0) is 17.5. The number of halogens is 2.